The first-order valence-electron chi connectivity index (χ1n) is 9.92. The first-order chi connectivity index (χ1) is 12.6. The number of halogens is 1. The van der Waals surface area contributed by atoms with Crippen molar-refractivity contribution in [3.05, 3.63) is 46.7 Å². The number of pyridine rings is 1. The van der Waals surface area contributed by atoms with Gasteiger partial charge in [-0.2, -0.15) is 0 Å². The van der Waals surface area contributed by atoms with E-state index in [2.05, 4.69) is 42.1 Å². The van der Waals surface area contributed by atoms with E-state index in [0.29, 0.717) is 5.92 Å². The number of aromatic nitrogens is 1. The van der Waals surface area contributed by atoms with E-state index in [4.69, 9.17) is 16.3 Å². The summed E-state index contributed by atoms with van der Waals surface area (Å²) in [5, 5.41) is 0.920. The van der Waals surface area contributed by atoms with Gasteiger partial charge in [0.15, 0.2) is 0 Å². The second kappa shape index (κ2) is 9.57. The minimum Gasteiger partial charge on any atom is -0.478 e. The molecule has 1 fully saturated rings. The second-order valence-electron chi connectivity index (χ2n) is 7.83. The summed E-state index contributed by atoms with van der Waals surface area (Å²) in [5.74, 6) is 1.97. The summed E-state index contributed by atoms with van der Waals surface area (Å²) < 4.78 is 5.91. The number of piperidine rings is 1. The van der Waals surface area contributed by atoms with Crippen LogP contribution in [0.4, 0.5) is 0 Å². The van der Waals surface area contributed by atoms with E-state index < -0.39 is 0 Å². The van der Waals surface area contributed by atoms with E-state index in [9.17, 15) is 0 Å². The van der Waals surface area contributed by atoms with Crippen molar-refractivity contribution >= 4 is 11.6 Å². The number of nitrogens with zero attached hydrogens (tertiary/aromatic N) is 2. The number of likely N-dealkylation sites (tertiary alicyclic amines) is 1. The van der Waals surface area contributed by atoms with Gasteiger partial charge in [-0.3, -0.25) is 0 Å². The number of allylic oxidation sites excluding steroid dienone is 4. The lowest BCUT2D eigenvalue weighted by Gasteiger charge is -2.28. The van der Waals surface area contributed by atoms with Gasteiger partial charge in [-0.25, -0.2) is 4.98 Å². The van der Waals surface area contributed by atoms with Crippen LogP contribution in [0.2, 0.25) is 0 Å². The lowest BCUT2D eigenvalue weighted by atomic mass is 9.90. The molecule has 2 heterocycles. The third kappa shape index (κ3) is 5.85. The van der Waals surface area contributed by atoms with Gasteiger partial charge in [0.05, 0.1) is 6.61 Å². The summed E-state index contributed by atoms with van der Waals surface area (Å²) in [4.78, 5) is 6.81. The van der Waals surface area contributed by atoms with E-state index >= 15 is 0 Å². The molecule has 0 radical (unpaired) electrons. The molecule has 0 aromatic carbocycles. The maximum atomic E-state index is 6.26. The van der Waals surface area contributed by atoms with Gasteiger partial charge in [-0.1, -0.05) is 29.7 Å². The van der Waals surface area contributed by atoms with Crippen molar-refractivity contribution in [2.24, 2.45) is 5.92 Å². The molecule has 0 bridgehead atoms. The quantitative estimate of drug-likeness (QED) is 0.587. The highest BCUT2D eigenvalue weighted by molar-refractivity contribution is 6.29. The summed E-state index contributed by atoms with van der Waals surface area (Å²) in [6, 6.07) is 4.14. The van der Waals surface area contributed by atoms with Crippen molar-refractivity contribution in [3.8, 4) is 5.88 Å². The van der Waals surface area contributed by atoms with E-state index in [-0.39, 0.29) is 0 Å². The standard InChI is InChI=1S/C22H31ClN2O/c1-17-13-20(15-21(23)14-17)19-6-9-24-22(16-19)26-12-4-3-5-18-7-10-25(2)11-8-18/h6,9,13-14,16,18,20H,3-5,7-8,10-12,15H2,1-2H3. The number of hydrogen-bond donors (Lipinski definition) is 0. The Morgan fingerprint density at radius 1 is 1.27 bits per heavy atom. The van der Waals surface area contributed by atoms with Crippen molar-refractivity contribution < 1.29 is 4.74 Å². The smallest absolute Gasteiger partial charge is 0.213 e. The van der Waals surface area contributed by atoms with Gasteiger partial charge in [-0.05, 0) is 82.8 Å². The Hall–Kier alpha value is -1.32. The molecule has 0 saturated carbocycles. The first kappa shape index (κ1) is 19.4. The van der Waals surface area contributed by atoms with Crippen LogP contribution in [0.15, 0.2) is 41.1 Å². The van der Waals surface area contributed by atoms with Gasteiger partial charge in [0, 0.05) is 23.2 Å². The molecule has 1 saturated heterocycles. The van der Waals surface area contributed by atoms with Crippen LogP contribution in [0.25, 0.3) is 0 Å². The Balaban J connectivity index is 1.41. The summed E-state index contributed by atoms with van der Waals surface area (Å²) in [6.45, 7) is 5.36. The van der Waals surface area contributed by atoms with Gasteiger partial charge in [0.2, 0.25) is 5.88 Å². The molecule has 0 spiro atoms. The predicted molar refractivity (Wildman–Crippen MR) is 109 cm³/mol. The van der Waals surface area contributed by atoms with Crippen molar-refractivity contribution in [3.63, 3.8) is 0 Å². The lowest BCUT2D eigenvalue weighted by molar-refractivity contribution is 0.205. The van der Waals surface area contributed by atoms with Crippen molar-refractivity contribution in [2.75, 3.05) is 26.7 Å². The van der Waals surface area contributed by atoms with Crippen molar-refractivity contribution in [1.82, 2.24) is 9.88 Å². The maximum Gasteiger partial charge on any atom is 0.213 e. The Bertz CT molecular complexity index is 647. The van der Waals surface area contributed by atoms with Crippen LogP contribution in [-0.4, -0.2) is 36.6 Å². The van der Waals surface area contributed by atoms with Crippen LogP contribution in [0.1, 0.15) is 56.9 Å². The van der Waals surface area contributed by atoms with Gasteiger partial charge in [0.25, 0.3) is 0 Å². The van der Waals surface area contributed by atoms with Crippen LogP contribution >= 0.6 is 11.6 Å². The molecular formula is C22H31ClN2O. The molecule has 3 rings (SSSR count). The molecule has 1 unspecified atom stereocenters. The first-order valence-corrected chi connectivity index (χ1v) is 10.3. The summed E-state index contributed by atoms with van der Waals surface area (Å²) in [7, 11) is 2.22. The van der Waals surface area contributed by atoms with Crippen molar-refractivity contribution in [2.45, 2.75) is 51.4 Å². The van der Waals surface area contributed by atoms with Gasteiger partial charge < -0.3 is 9.64 Å². The molecule has 0 N–H and O–H groups in total. The molecule has 3 nitrogen and oxygen atoms in total. The average Bonchev–Trinajstić information content (AvgIpc) is 2.62. The zero-order chi connectivity index (χ0) is 18.4. The molecule has 0 amide bonds. The fraction of sp³-hybridized carbons (Fsp3) is 0.591. The fourth-order valence-electron chi connectivity index (χ4n) is 3.95. The van der Waals surface area contributed by atoms with Crippen molar-refractivity contribution in [1.29, 1.82) is 0 Å². The number of ether oxygens (including phenoxy) is 1. The maximum absolute atomic E-state index is 6.26. The second-order valence-corrected chi connectivity index (χ2v) is 8.32. The molecule has 4 heteroatoms. The molecule has 26 heavy (non-hydrogen) atoms. The van der Waals surface area contributed by atoms with Crippen LogP contribution in [-0.2, 0) is 0 Å². The Morgan fingerprint density at radius 3 is 2.85 bits per heavy atom. The summed E-state index contributed by atoms with van der Waals surface area (Å²) in [5.41, 5.74) is 2.45. The highest BCUT2D eigenvalue weighted by Gasteiger charge is 2.17. The van der Waals surface area contributed by atoms with E-state index in [1.807, 2.05) is 12.3 Å². The Morgan fingerprint density at radius 2 is 2.08 bits per heavy atom. The number of hydrogen-bond acceptors (Lipinski definition) is 3. The highest BCUT2D eigenvalue weighted by Crippen LogP contribution is 2.33. The molecule has 1 aromatic rings. The topological polar surface area (TPSA) is 25.4 Å². The normalized spacial score (nSPS) is 22.0. The summed E-state index contributed by atoms with van der Waals surface area (Å²) in [6.07, 6.45) is 13.4. The zero-order valence-electron chi connectivity index (χ0n) is 16.1. The molecule has 1 aromatic heterocycles. The molecule has 1 aliphatic heterocycles. The fourth-order valence-corrected chi connectivity index (χ4v) is 4.29. The monoisotopic (exact) mass is 374 g/mol. The summed E-state index contributed by atoms with van der Waals surface area (Å²) >= 11 is 6.26. The highest BCUT2D eigenvalue weighted by atomic mass is 35.5. The van der Waals surface area contributed by atoms with E-state index in [1.54, 1.807) is 0 Å². The van der Waals surface area contributed by atoms with Crippen LogP contribution in [0.5, 0.6) is 5.88 Å². The van der Waals surface area contributed by atoms with E-state index in [0.717, 1.165) is 36.3 Å². The Labute approximate surface area is 163 Å². The average molecular weight is 375 g/mol. The van der Waals surface area contributed by atoms with Gasteiger partial charge in [-0.15, -0.1) is 0 Å². The lowest BCUT2D eigenvalue weighted by Crippen LogP contribution is -2.30. The molecule has 1 atom stereocenters. The van der Waals surface area contributed by atoms with Crippen LogP contribution in [0, 0.1) is 5.92 Å². The number of unbranched alkanes of at least 4 members (excludes halogenated alkanes) is 1. The zero-order valence-corrected chi connectivity index (χ0v) is 16.8. The largest absolute Gasteiger partial charge is 0.478 e. The third-order valence-electron chi connectivity index (χ3n) is 5.55. The minimum atomic E-state index is 0.322. The van der Waals surface area contributed by atoms with Crippen LogP contribution in [0.3, 0.4) is 0 Å². The molecule has 1 aliphatic carbocycles. The Kier molecular flexibility index (Phi) is 7.15. The molecular weight excluding hydrogens is 344 g/mol. The third-order valence-corrected chi connectivity index (χ3v) is 5.81. The van der Waals surface area contributed by atoms with E-state index in [1.165, 1.54) is 49.9 Å². The van der Waals surface area contributed by atoms with Crippen LogP contribution < -0.4 is 4.74 Å². The molecule has 142 valence electrons. The predicted octanol–water partition coefficient (Wildman–Crippen LogP) is 5.53. The minimum absolute atomic E-state index is 0.322. The van der Waals surface area contributed by atoms with Gasteiger partial charge >= 0.3 is 0 Å². The SMILES string of the molecule is CC1=CC(c2ccnc(OCCCCC3CCN(C)CC3)c2)CC(Cl)=C1. The van der Waals surface area contributed by atoms with Gasteiger partial charge in [0.1, 0.15) is 0 Å². The molecule has 2 aliphatic rings. The number of rotatable bonds is 7.